The molecule has 0 aromatic heterocycles. The van der Waals surface area contributed by atoms with Gasteiger partial charge >= 0.3 is 5.97 Å². The largest absolute Gasteiger partial charge is 0.465 e. The van der Waals surface area contributed by atoms with Gasteiger partial charge in [-0.1, -0.05) is 13.8 Å². The molecule has 0 aromatic rings. The summed E-state index contributed by atoms with van der Waals surface area (Å²) in [5.74, 6) is -2.92. The van der Waals surface area contributed by atoms with Crippen LogP contribution in [0.2, 0.25) is 0 Å². The highest BCUT2D eigenvalue weighted by molar-refractivity contribution is 5.91. The van der Waals surface area contributed by atoms with Crippen LogP contribution in [0, 0.1) is 39.9 Å². The third kappa shape index (κ3) is 2.03. The zero-order valence-electron chi connectivity index (χ0n) is 17.4. The Morgan fingerprint density at radius 2 is 2.00 bits per heavy atom. The van der Waals surface area contributed by atoms with Crippen molar-refractivity contribution in [3.63, 3.8) is 0 Å². The Bertz CT molecular complexity index is 764. The van der Waals surface area contributed by atoms with Crippen molar-refractivity contribution in [1.29, 1.82) is 0 Å². The summed E-state index contributed by atoms with van der Waals surface area (Å²) < 4.78 is 11.3. The predicted molar refractivity (Wildman–Crippen MR) is 100 cm³/mol. The molecule has 4 aliphatic carbocycles. The molecule has 2 aliphatic heterocycles. The first-order valence-electron chi connectivity index (χ1n) is 10.9. The van der Waals surface area contributed by atoms with Crippen LogP contribution in [0.5, 0.6) is 0 Å². The standard InChI is InChI=1S/C22H32O7/c1-11-13-4-5-14-20-7-6-15(24)19(3,9-28-12(2)23)16(20)18(26)22(27,29-10-20)21(14,8-13)17(11)25/h11,13-16,18,24,26-27H,4-10H2,1-3H3/t11?,13-,14+,15+,16-,18+,19-,20-,21+,22+/m1/s1. The summed E-state index contributed by atoms with van der Waals surface area (Å²) in [6.45, 7) is 5.31. The van der Waals surface area contributed by atoms with Crippen LogP contribution in [0.1, 0.15) is 52.9 Å². The average Bonchev–Trinajstić information content (AvgIpc) is 2.87. The molecule has 10 atom stereocenters. The van der Waals surface area contributed by atoms with Gasteiger partial charge in [-0.3, -0.25) is 9.59 Å². The number of Topliss-reactive ketones (excluding diaryl/α,β-unsaturated/α-hetero) is 1. The lowest BCUT2D eigenvalue weighted by molar-refractivity contribution is -0.444. The Labute approximate surface area is 170 Å². The van der Waals surface area contributed by atoms with Crippen molar-refractivity contribution in [3.8, 4) is 0 Å². The molecule has 0 amide bonds. The van der Waals surface area contributed by atoms with Crippen molar-refractivity contribution in [2.24, 2.45) is 39.9 Å². The fraction of sp³-hybridized carbons (Fsp3) is 0.909. The SMILES string of the molecule is CC(=O)OC[C@@]1(C)[C@H]2[C@H](O)[C@]3(O)OC[C@]2(CC[C@@H]1O)[C@@H]1CC[C@@H]2C[C@@]13C(=O)C2C. The summed E-state index contributed by atoms with van der Waals surface area (Å²) in [5.41, 5.74) is -2.52. The van der Waals surface area contributed by atoms with E-state index in [0.717, 1.165) is 12.8 Å². The Hall–Kier alpha value is -1.02. The summed E-state index contributed by atoms with van der Waals surface area (Å²) in [6, 6.07) is 0. The molecular formula is C22H32O7. The summed E-state index contributed by atoms with van der Waals surface area (Å²) in [5, 5.41) is 34.3. The van der Waals surface area contributed by atoms with Gasteiger partial charge in [0.05, 0.1) is 24.7 Å². The minimum atomic E-state index is -1.96. The fourth-order valence-electron chi connectivity index (χ4n) is 8.43. The van der Waals surface area contributed by atoms with Crippen molar-refractivity contribution >= 4 is 11.8 Å². The van der Waals surface area contributed by atoms with E-state index >= 15 is 0 Å². The zero-order valence-corrected chi connectivity index (χ0v) is 17.4. The van der Waals surface area contributed by atoms with Crippen LogP contribution in [0.15, 0.2) is 0 Å². The molecular weight excluding hydrogens is 376 g/mol. The molecule has 4 saturated carbocycles. The Balaban J connectivity index is 1.66. The van der Waals surface area contributed by atoms with Gasteiger partial charge in [-0.15, -0.1) is 0 Å². The quantitative estimate of drug-likeness (QED) is 0.585. The van der Waals surface area contributed by atoms with Crippen molar-refractivity contribution in [2.75, 3.05) is 13.2 Å². The van der Waals surface area contributed by atoms with Crippen LogP contribution in [0.25, 0.3) is 0 Å². The van der Waals surface area contributed by atoms with Crippen molar-refractivity contribution in [2.45, 2.75) is 70.9 Å². The second-order valence-corrected chi connectivity index (χ2v) is 10.7. The van der Waals surface area contributed by atoms with Gasteiger partial charge in [0.1, 0.15) is 11.9 Å². The van der Waals surface area contributed by atoms with E-state index in [1.54, 1.807) is 0 Å². The van der Waals surface area contributed by atoms with E-state index in [-0.39, 0.29) is 36.8 Å². The molecule has 162 valence electrons. The van der Waals surface area contributed by atoms with E-state index in [1.165, 1.54) is 6.92 Å². The molecule has 6 fully saturated rings. The molecule has 6 aliphatic rings. The number of aliphatic hydroxyl groups is 3. The number of hydrogen-bond donors (Lipinski definition) is 3. The molecule has 4 bridgehead atoms. The first-order chi connectivity index (χ1) is 13.5. The lowest BCUT2D eigenvalue weighted by atomic mass is 9.36. The number of hydrogen-bond acceptors (Lipinski definition) is 7. The number of carbonyl (C=O) groups excluding carboxylic acids is 2. The number of ketones is 1. The van der Waals surface area contributed by atoms with E-state index in [9.17, 15) is 24.9 Å². The lowest BCUT2D eigenvalue weighted by Crippen LogP contribution is -2.83. The van der Waals surface area contributed by atoms with E-state index < -0.39 is 46.1 Å². The van der Waals surface area contributed by atoms with Crippen LogP contribution < -0.4 is 0 Å². The van der Waals surface area contributed by atoms with Gasteiger partial charge in [-0.25, -0.2) is 0 Å². The third-order valence-corrected chi connectivity index (χ3v) is 9.74. The maximum Gasteiger partial charge on any atom is 0.302 e. The smallest absolute Gasteiger partial charge is 0.302 e. The second-order valence-electron chi connectivity index (χ2n) is 10.7. The molecule has 0 radical (unpaired) electrons. The van der Waals surface area contributed by atoms with Crippen LogP contribution in [-0.2, 0) is 19.1 Å². The van der Waals surface area contributed by atoms with Crippen molar-refractivity contribution in [1.82, 2.24) is 0 Å². The maximum absolute atomic E-state index is 13.5. The number of aliphatic hydroxyl groups excluding tert-OH is 2. The molecule has 1 unspecified atom stereocenters. The topological polar surface area (TPSA) is 113 Å². The summed E-state index contributed by atoms with van der Waals surface area (Å²) >= 11 is 0. The minimum absolute atomic E-state index is 0.0249. The number of carbonyl (C=O) groups is 2. The number of ether oxygens (including phenoxy) is 2. The van der Waals surface area contributed by atoms with Gasteiger partial charge in [0.15, 0.2) is 0 Å². The first-order valence-corrected chi connectivity index (χ1v) is 10.9. The maximum atomic E-state index is 13.5. The van der Waals surface area contributed by atoms with Gasteiger partial charge in [0.25, 0.3) is 0 Å². The Morgan fingerprint density at radius 3 is 2.69 bits per heavy atom. The number of fused-ring (bicyclic) bond motifs is 2. The molecule has 2 heterocycles. The van der Waals surface area contributed by atoms with E-state index in [2.05, 4.69) is 0 Å². The molecule has 29 heavy (non-hydrogen) atoms. The highest BCUT2D eigenvalue weighted by atomic mass is 16.6. The number of rotatable bonds is 2. The van der Waals surface area contributed by atoms with Gasteiger partial charge < -0.3 is 24.8 Å². The number of esters is 1. The third-order valence-electron chi connectivity index (χ3n) is 9.74. The molecule has 7 heteroatoms. The zero-order chi connectivity index (χ0) is 21.0. The summed E-state index contributed by atoms with van der Waals surface area (Å²) in [6.07, 6.45) is 1.32. The molecule has 0 aromatic carbocycles. The summed E-state index contributed by atoms with van der Waals surface area (Å²) in [4.78, 5) is 25.0. The molecule has 2 saturated heterocycles. The highest BCUT2D eigenvalue weighted by Gasteiger charge is 2.84. The monoisotopic (exact) mass is 408 g/mol. The minimum Gasteiger partial charge on any atom is -0.465 e. The second kappa shape index (κ2) is 5.81. The average molecular weight is 408 g/mol. The Kier molecular flexibility index (Phi) is 3.99. The molecule has 7 nitrogen and oxygen atoms in total. The van der Waals surface area contributed by atoms with Gasteiger partial charge in [0.2, 0.25) is 5.79 Å². The normalized spacial score (nSPS) is 57.9. The summed E-state index contributed by atoms with van der Waals surface area (Å²) in [7, 11) is 0. The van der Waals surface area contributed by atoms with E-state index in [4.69, 9.17) is 9.47 Å². The van der Waals surface area contributed by atoms with Gasteiger partial charge in [-0.05, 0) is 43.9 Å². The van der Waals surface area contributed by atoms with E-state index in [1.807, 2.05) is 13.8 Å². The van der Waals surface area contributed by atoms with Gasteiger partial charge in [0, 0.05) is 29.6 Å². The van der Waals surface area contributed by atoms with Crippen LogP contribution in [0.3, 0.4) is 0 Å². The molecule has 3 N–H and O–H groups in total. The lowest BCUT2D eigenvalue weighted by Gasteiger charge is -2.74. The Morgan fingerprint density at radius 1 is 1.28 bits per heavy atom. The van der Waals surface area contributed by atoms with Crippen molar-refractivity contribution in [3.05, 3.63) is 0 Å². The molecule has 2 spiro atoms. The predicted octanol–water partition coefficient (Wildman–Crippen LogP) is 1.03. The van der Waals surface area contributed by atoms with Crippen LogP contribution in [0.4, 0.5) is 0 Å². The fourth-order valence-corrected chi connectivity index (χ4v) is 8.43. The van der Waals surface area contributed by atoms with Crippen molar-refractivity contribution < 1.29 is 34.4 Å². The first kappa shape index (κ1) is 19.9. The van der Waals surface area contributed by atoms with Gasteiger partial charge in [-0.2, -0.15) is 0 Å². The molecule has 6 rings (SSSR count). The van der Waals surface area contributed by atoms with Crippen LogP contribution >= 0.6 is 0 Å². The van der Waals surface area contributed by atoms with E-state index in [0.29, 0.717) is 19.3 Å². The highest BCUT2D eigenvalue weighted by Crippen LogP contribution is 2.76. The van der Waals surface area contributed by atoms with Crippen LogP contribution in [-0.4, -0.2) is 58.3 Å².